The van der Waals surface area contributed by atoms with Gasteiger partial charge in [-0.15, -0.1) is 0 Å². The van der Waals surface area contributed by atoms with Crippen LogP contribution in [0.4, 0.5) is 14.5 Å². The minimum atomic E-state index is -4.35. The maximum absolute atomic E-state index is 14.2. The monoisotopic (exact) mass is 607 g/mol. The molecule has 2 amide bonds. The van der Waals surface area contributed by atoms with Crippen LogP contribution in [0.1, 0.15) is 11.1 Å². The smallest absolute Gasteiger partial charge is 0.264 e. The van der Waals surface area contributed by atoms with E-state index < -0.39 is 46.1 Å². The Labute approximate surface area is 249 Å². The first-order valence-corrected chi connectivity index (χ1v) is 14.8. The third-order valence-electron chi connectivity index (χ3n) is 6.82. The van der Waals surface area contributed by atoms with Crippen molar-refractivity contribution in [2.75, 3.05) is 25.0 Å². The molecule has 0 aliphatic heterocycles. The molecule has 4 aromatic rings. The van der Waals surface area contributed by atoms with Crippen LogP contribution in [0, 0.1) is 11.6 Å². The van der Waals surface area contributed by atoms with Crippen molar-refractivity contribution in [1.29, 1.82) is 0 Å². The molecule has 0 aliphatic carbocycles. The molecular formula is C32H31F2N3O5S. The molecule has 1 atom stereocenters. The lowest BCUT2D eigenvalue weighted by Crippen LogP contribution is -2.53. The first kappa shape index (κ1) is 31.2. The van der Waals surface area contributed by atoms with Crippen molar-refractivity contribution < 1.29 is 31.5 Å². The van der Waals surface area contributed by atoms with Crippen LogP contribution in [0.3, 0.4) is 0 Å². The van der Waals surface area contributed by atoms with Crippen molar-refractivity contribution in [1.82, 2.24) is 10.2 Å². The van der Waals surface area contributed by atoms with Gasteiger partial charge in [0.1, 0.15) is 30.0 Å². The quantitative estimate of drug-likeness (QED) is 0.255. The average molecular weight is 608 g/mol. The van der Waals surface area contributed by atoms with Crippen molar-refractivity contribution >= 4 is 27.5 Å². The Bertz CT molecular complexity index is 1630. The molecule has 0 bridgehead atoms. The third-order valence-corrected chi connectivity index (χ3v) is 8.61. The summed E-state index contributed by atoms with van der Waals surface area (Å²) in [5.74, 6) is -1.79. The van der Waals surface area contributed by atoms with Gasteiger partial charge in [-0.25, -0.2) is 17.2 Å². The molecule has 0 saturated carbocycles. The fraction of sp³-hybridized carbons (Fsp3) is 0.188. The second-order valence-corrected chi connectivity index (χ2v) is 11.5. The zero-order valence-electron chi connectivity index (χ0n) is 23.6. The lowest BCUT2D eigenvalue weighted by atomic mass is 10.0. The van der Waals surface area contributed by atoms with Crippen LogP contribution >= 0.6 is 0 Å². The van der Waals surface area contributed by atoms with Crippen LogP contribution in [-0.2, 0) is 32.6 Å². The van der Waals surface area contributed by atoms with E-state index in [4.69, 9.17) is 4.74 Å². The Kier molecular flexibility index (Phi) is 10.1. The van der Waals surface area contributed by atoms with Gasteiger partial charge in [0.05, 0.1) is 17.7 Å². The van der Waals surface area contributed by atoms with Gasteiger partial charge in [0, 0.05) is 20.0 Å². The highest BCUT2D eigenvalue weighted by Crippen LogP contribution is 2.26. The predicted molar refractivity (Wildman–Crippen MR) is 159 cm³/mol. The summed E-state index contributed by atoms with van der Waals surface area (Å²) in [6.45, 7) is -0.812. The summed E-state index contributed by atoms with van der Waals surface area (Å²) in [6, 6.07) is 23.8. The molecule has 11 heteroatoms. The van der Waals surface area contributed by atoms with E-state index in [-0.39, 0.29) is 23.5 Å². The number of methoxy groups -OCH3 is 1. The topological polar surface area (TPSA) is 96.0 Å². The van der Waals surface area contributed by atoms with Crippen LogP contribution in [0.25, 0.3) is 0 Å². The summed E-state index contributed by atoms with van der Waals surface area (Å²) < 4.78 is 61.4. The number of hydrogen-bond acceptors (Lipinski definition) is 5. The Balaban J connectivity index is 1.77. The fourth-order valence-electron chi connectivity index (χ4n) is 4.52. The minimum Gasteiger partial charge on any atom is -0.497 e. The Morgan fingerprint density at radius 2 is 1.40 bits per heavy atom. The highest BCUT2D eigenvalue weighted by atomic mass is 32.2. The van der Waals surface area contributed by atoms with Gasteiger partial charge in [-0.2, -0.15) is 0 Å². The molecule has 1 N–H and O–H groups in total. The van der Waals surface area contributed by atoms with Crippen molar-refractivity contribution in [3.05, 3.63) is 126 Å². The van der Waals surface area contributed by atoms with E-state index in [1.54, 1.807) is 12.1 Å². The molecule has 0 fully saturated rings. The molecule has 4 rings (SSSR count). The largest absolute Gasteiger partial charge is 0.497 e. The number of ether oxygens (including phenoxy) is 1. The maximum atomic E-state index is 14.2. The summed E-state index contributed by atoms with van der Waals surface area (Å²) >= 11 is 0. The summed E-state index contributed by atoms with van der Waals surface area (Å²) in [5.41, 5.74) is 1.35. The first-order chi connectivity index (χ1) is 20.6. The Hall–Kier alpha value is -4.77. The lowest BCUT2D eigenvalue weighted by Gasteiger charge is -2.33. The van der Waals surface area contributed by atoms with Crippen LogP contribution in [-0.4, -0.2) is 51.9 Å². The molecule has 0 aromatic heterocycles. The molecule has 0 radical (unpaired) electrons. The van der Waals surface area contributed by atoms with E-state index in [0.29, 0.717) is 11.3 Å². The molecule has 8 nitrogen and oxygen atoms in total. The molecule has 0 spiro atoms. The van der Waals surface area contributed by atoms with E-state index in [0.717, 1.165) is 22.0 Å². The van der Waals surface area contributed by atoms with E-state index in [1.807, 2.05) is 18.2 Å². The lowest BCUT2D eigenvalue weighted by molar-refractivity contribution is -0.139. The van der Waals surface area contributed by atoms with E-state index in [1.165, 1.54) is 79.7 Å². The van der Waals surface area contributed by atoms with E-state index in [2.05, 4.69) is 5.32 Å². The summed E-state index contributed by atoms with van der Waals surface area (Å²) in [7, 11) is -1.46. The maximum Gasteiger partial charge on any atom is 0.264 e. The molecule has 0 saturated heterocycles. The number of anilines is 1. The number of sulfonamides is 1. The number of nitrogens with zero attached hydrogens (tertiary/aromatic N) is 2. The van der Waals surface area contributed by atoms with Gasteiger partial charge in [0.2, 0.25) is 11.8 Å². The van der Waals surface area contributed by atoms with Crippen LogP contribution < -0.4 is 14.4 Å². The van der Waals surface area contributed by atoms with Gasteiger partial charge in [0.25, 0.3) is 10.0 Å². The highest BCUT2D eigenvalue weighted by molar-refractivity contribution is 7.92. The fourth-order valence-corrected chi connectivity index (χ4v) is 5.93. The molecule has 0 aliphatic rings. The number of halogens is 2. The second kappa shape index (κ2) is 13.9. The summed E-state index contributed by atoms with van der Waals surface area (Å²) in [5, 5.41) is 2.60. The van der Waals surface area contributed by atoms with Gasteiger partial charge < -0.3 is 15.0 Å². The van der Waals surface area contributed by atoms with Crippen LogP contribution in [0.15, 0.2) is 108 Å². The zero-order valence-corrected chi connectivity index (χ0v) is 24.4. The molecule has 224 valence electrons. The molecular weight excluding hydrogens is 576 g/mol. The second-order valence-electron chi connectivity index (χ2n) is 9.63. The highest BCUT2D eigenvalue weighted by Gasteiger charge is 2.34. The first-order valence-electron chi connectivity index (χ1n) is 13.3. The van der Waals surface area contributed by atoms with E-state index >= 15 is 0 Å². The normalized spacial score (nSPS) is 11.8. The molecule has 4 aromatic carbocycles. The number of amides is 2. The number of nitrogens with one attached hydrogen (secondary N) is 1. The Morgan fingerprint density at radius 1 is 0.814 bits per heavy atom. The SMILES string of the molecule is CNC(=O)C(Cc1ccccc1)N(Cc1ccc(F)cc1)C(=O)CN(c1ccc(F)cc1)S(=O)(=O)c1ccc(OC)cc1. The van der Waals surface area contributed by atoms with Crippen molar-refractivity contribution in [3.63, 3.8) is 0 Å². The van der Waals surface area contributed by atoms with Gasteiger partial charge in [0.15, 0.2) is 0 Å². The van der Waals surface area contributed by atoms with Gasteiger partial charge in [-0.3, -0.25) is 13.9 Å². The van der Waals surface area contributed by atoms with Crippen LogP contribution in [0.2, 0.25) is 0 Å². The summed E-state index contributed by atoms with van der Waals surface area (Å²) in [6.07, 6.45) is 0.134. The van der Waals surface area contributed by atoms with Gasteiger partial charge >= 0.3 is 0 Å². The number of carbonyl (C=O) groups excluding carboxylic acids is 2. The number of likely N-dealkylation sites (N-methyl/N-ethyl adjacent to an activating group) is 1. The van der Waals surface area contributed by atoms with E-state index in [9.17, 15) is 26.8 Å². The number of carbonyl (C=O) groups is 2. The Morgan fingerprint density at radius 3 is 1.95 bits per heavy atom. The molecule has 0 heterocycles. The predicted octanol–water partition coefficient (Wildman–Crippen LogP) is 4.55. The zero-order chi connectivity index (χ0) is 31.0. The van der Waals surface area contributed by atoms with Crippen LogP contribution in [0.5, 0.6) is 5.75 Å². The standard InChI is InChI=1S/C32H31F2N3O5S/c1-35-32(39)30(20-23-6-4-3-5-7-23)36(21-24-8-10-25(33)11-9-24)31(38)22-37(27-14-12-26(34)13-15-27)43(40,41)29-18-16-28(42-2)17-19-29/h3-19,30H,20-22H2,1-2H3,(H,35,39). The van der Waals surface area contributed by atoms with Crippen molar-refractivity contribution in [2.45, 2.75) is 23.9 Å². The molecule has 1 unspecified atom stereocenters. The summed E-state index contributed by atoms with van der Waals surface area (Å²) in [4.78, 5) is 28.5. The van der Waals surface area contributed by atoms with Gasteiger partial charge in [-0.1, -0.05) is 42.5 Å². The number of hydrogen-bond donors (Lipinski definition) is 1. The van der Waals surface area contributed by atoms with Crippen molar-refractivity contribution in [3.8, 4) is 5.75 Å². The van der Waals surface area contributed by atoms with Crippen molar-refractivity contribution in [2.24, 2.45) is 0 Å². The third kappa shape index (κ3) is 7.75. The number of benzene rings is 4. The average Bonchev–Trinajstić information content (AvgIpc) is 3.03. The van der Waals surface area contributed by atoms with Gasteiger partial charge in [-0.05, 0) is 71.8 Å². The number of rotatable bonds is 12. The minimum absolute atomic E-state index is 0.0480. The molecule has 43 heavy (non-hydrogen) atoms.